The van der Waals surface area contributed by atoms with Crippen LogP contribution in [-0.4, -0.2) is 47.6 Å². The maximum Gasteiger partial charge on any atom is 0.248 e. The molecule has 0 spiro atoms. The maximum atomic E-state index is 12.5. The third kappa shape index (κ3) is 5.59. The lowest BCUT2D eigenvalue weighted by atomic mass is 9.98. The highest BCUT2D eigenvalue weighted by Gasteiger charge is 2.22. The summed E-state index contributed by atoms with van der Waals surface area (Å²) in [7, 11) is 0. The zero-order valence-corrected chi connectivity index (χ0v) is 15.0. The minimum absolute atomic E-state index is 0.139. The Bertz CT molecular complexity index is 543. The molecule has 1 aliphatic heterocycles. The minimum atomic E-state index is 0.139. The Morgan fingerprint density at radius 2 is 2.00 bits per heavy atom. The van der Waals surface area contributed by atoms with Gasteiger partial charge in [0.05, 0.1) is 18.0 Å². The van der Waals surface area contributed by atoms with Crippen LogP contribution in [0, 0.1) is 0 Å². The van der Waals surface area contributed by atoms with Crippen LogP contribution in [-0.2, 0) is 9.53 Å². The number of hydrogen-bond acceptors (Lipinski definition) is 5. The smallest absolute Gasteiger partial charge is 0.248 e. The van der Waals surface area contributed by atoms with Gasteiger partial charge >= 0.3 is 0 Å². The molecule has 0 aromatic carbocycles. The number of anilines is 2. The first-order valence-corrected chi connectivity index (χ1v) is 9.58. The fourth-order valence-electron chi connectivity index (χ4n) is 3.73. The molecule has 0 unspecified atom stereocenters. The van der Waals surface area contributed by atoms with Crippen molar-refractivity contribution in [2.24, 2.45) is 0 Å². The first-order chi connectivity index (χ1) is 12.2. The lowest BCUT2D eigenvalue weighted by Gasteiger charge is -2.25. The van der Waals surface area contributed by atoms with Crippen LogP contribution in [0.25, 0.3) is 0 Å². The fraction of sp³-hybridized carbons (Fsp3) is 0.684. The number of nitrogens with two attached hydrogens (primary N) is 1. The number of ether oxygens (including phenoxy) is 1. The van der Waals surface area contributed by atoms with Crippen molar-refractivity contribution in [2.75, 3.05) is 30.7 Å². The number of carbonyl (C=O) groups excluding carboxylic acids is 1. The van der Waals surface area contributed by atoms with Crippen LogP contribution in [0.2, 0.25) is 0 Å². The number of likely N-dealkylation sites (tertiary alicyclic amines) is 1. The third-order valence-corrected chi connectivity index (χ3v) is 5.23. The van der Waals surface area contributed by atoms with E-state index in [4.69, 9.17) is 10.5 Å². The molecule has 3 rings (SSSR count). The quantitative estimate of drug-likeness (QED) is 0.857. The largest absolute Gasteiger partial charge is 0.384 e. The summed E-state index contributed by atoms with van der Waals surface area (Å²) in [6.45, 7) is 1.85. The molecule has 1 amide bonds. The van der Waals surface area contributed by atoms with E-state index in [0.29, 0.717) is 11.9 Å². The summed E-state index contributed by atoms with van der Waals surface area (Å²) in [4.78, 5) is 18.5. The molecule has 2 heterocycles. The molecule has 6 heteroatoms. The van der Waals surface area contributed by atoms with Crippen LogP contribution in [0.15, 0.2) is 18.3 Å². The van der Waals surface area contributed by atoms with E-state index in [2.05, 4.69) is 10.3 Å². The van der Waals surface area contributed by atoms with Gasteiger partial charge in [0.1, 0.15) is 12.4 Å². The van der Waals surface area contributed by atoms with Crippen LogP contribution in [0.5, 0.6) is 0 Å². The minimum Gasteiger partial charge on any atom is -0.384 e. The molecule has 1 aromatic heterocycles. The first kappa shape index (κ1) is 18.0. The van der Waals surface area contributed by atoms with Crippen LogP contribution >= 0.6 is 0 Å². The van der Waals surface area contributed by atoms with Gasteiger partial charge in [-0.05, 0) is 44.2 Å². The molecular weight excluding hydrogens is 316 g/mol. The van der Waals surface area contributed by atoms with Crippen molar-refractivity contribution in [3.8, 4) is 0 Å². The number of nitrogen functional groups attached to an aromatic ring is 1. The van der Waals surface area contributed by atoms with Crippen LogP contribution in [0.4, 0.5) is 11.5 Å². The van der Waals surface area contributed by atoms with Crippen molar-refractivity contribution < 1.29 is 9.53 Å². The summed E-state index contributed by atoms with van der Waals surface area (Å²) in [6.07, 6.45) is 11.0. The van der Waals surface area contributed by atoms with Gasteiger partial charge in [-0.15, -0.1) is 0 Å². The highest BCUT2D eigenvalue weighted by Crippen LogP contribution is 2.21. The molecule has 0 radical (unpaired) electrons. The number of nitrogens with zero attached hydrogens (tertiary/aromatic N) is 2. The van der Waals surface area contributed by atoms with Gasteiger partial charge in [0.15, 0.2) is 0 Å². The molecule has 6 nitrogen and oxygen atoms in total. The van der Waals surface area contributed by atoms with Crippen LogP contribution < -0.4 is 11.1 Å². The Labute approximate surface area is 150 Å². The molecule has 3 N–H and O–H groups in total. The molecule has 1 saturated carbocycles. The molecule has 1 atom stereocenters. The highest BCUT2D eigenvalue weighted by molar-refractivity contribution is 5.77. The average molecular weight is 346 g/mol. The van der Waals surface area contributed by atoms with Crippen molar-refractivity contribution in [3.63, 3.8) is 0 Å². The zero-order valence-electron chi connectivity index (χ0n) is 15.0. The van der Waals surface area contributed by atoms with E-state index in [1.54, 1.807) is 12.3 Å². The Morgan fingerprint density at radius 3 is 2.76 bits per heavy atom. The maximum absolute atomic E-state index is 12.5. The van der Waals surface area contributed by atoms with E-state index >= 15 is 0 Å². The second-order valence-electron chi connectivity index (χ2n) is 7.20. The molecule has 1 aliphatic carbocycles. The predicted molar refractivity (Wildman–Crippen MR) is 99.3 cm³/mol. The Morgan fingerprint density at radius 1 is 1.16 bits per heavy atom. The molecule has 0 bridgehead atoms. The lowest BCUT2D eigenvalue weighted by Crippen LogP contribution is -2.36. The van der Waals surface area contributed by atoms with E-state index < -0.39 is 0 Å². The molecule has 2 fully saturated rings. The van der Waals surface area contributed by atoms with Gasteiger partial charge in [0.25, 0.3) is 0 Å². The molecule has 1 aromatic rings. The summed E-state index contributed by atoms with van der Waals surface area (Å²) in [5.74, 6) is 0.668. The van der Waals surface area contributed by atoms with Gasteiger partial charge in [-0.2, -0.15) is 0 Å². The van der Waals surface area contributed by atoms with Crippen LogP contribution in [0.3, 0.4) is 0 Å². The molecule has 138 valence electrons. The van der Waals surface area contributed by atoms with E-state index in [1.807, 2.05) is 11.0 Å². The van der Waals surface area contributed by atoms with Crippen molar-refractivity contribution in [1.82, 2.24) is 9.88 Å². The molecule has 2 aliphatic rings. The van der Waals surface area contributed by atoms with Gasteiger partial charge in [0, 0.05) is 19.1 Å². The Kier molecular flexibility index (Phi) is 6.50. The second-order valence-corrected chi connectivity index (χ2v) is 7.20. The summed E-state index contributed by atoms with van der Waals surface area (Å²) >= 11 is 0. The lowest BCUT2D eigenvalue weighted by molar-refractivity contribution is -0.138. The van der Waals surface area contributed by atoms with Gasteiger partial charge in [-0.1, -0.05) is 19.3 Å². The van der Waals surface area contributed by atoms with Gasteiger partial charge in [-0.25, -0.2) is 4.98 Å². The van der Waals surface area contributed by atoms with Crippen molar-refractivity contribution >= 4 is 17.4 Å². The number of rotatable bonds is 5. The zero-order chi connectivity index (χ0) is 17.5. The number of carbonyl (C=O) groups is 1. The number of aromatic nitrogens is 1. The number of pyridine rings is 1. The van der Waals surface area contributed by atoms with Gasteiger partial charge in [-0.3, -0.25) is 4.79 Å². The first-order valence-electron chi connectivity index (χ1n) is 9.58. The summed E-state index contributed by atoms with van der Waals surface area (Å²) < 4.78 is 5.85. The number of nitrogens with one attached hydrogen (secondary N) is 1. The van der Waals surface area contributed by atoms with Crippen molar-refractivity contribution in [1.29, 1.82) is 0 Å². The monoisotopic (exact) mass is 346 g/mol. The number of hydrogen-bond donors (Lipinski definition) is 2. The standard InChI is InChI=1S/C19H30N4O2/c20-18-9-8-16(13-21-18)22-15-5-4-11-23(12-10-15)19(24)14-25-17-6-2-1-3-7-17/h8-9,13,15,17,22H,1-7,10-12,14H2,(H2,20,21)/t15-/m0/s1. The van der Waals surface area contributed by atoms with Gasteiger partial charge in [0.2, 0.25) is 5.91 Å². The third-order valence-electron chi connectivity index (χ3n) is 5.23. The molecule has 1 saturated heterocycles. The normalized spacial score (nSPS) is 22.4. The number of amides is 1. The Hall–Kier alpha value is -1.82. The van der Waals surface area contributed by atoms with E-state index in [-0.39, 0.29) is 18.6 Å². The predicted octanol–water partition coefficient (Wildman–Crippen LogP) is 2.81. The molecular formula is C19H30N4O2. The van der Waals surface area contributed by atoms with E-state index in [1.165, 1.54) is 19.3 Å². The SMILES string of the molecule is Nc1ccc(N[C@H]2CCCN(C(=O)COC3CCCCC3)CC2)cn1. The topological polar surface area (TPSA) is 80.5 Å². The van der Waals surface area contributed by atoms with E-state index in [9.17, 15) is 4.79 Å². The molecule has 25 heavy (non-hydrogen) atoms. The summed E-state index contributed by atoms with van der Waals surface area (Å²) in [5, 5.41) is 3.50. The van der Waals surface area contributed by atoms with Crippen LogP contribution in [0.1, 0.15) is 51.4 Å². The van der Waals surface area contributed by atoms with Gasteiger partial charge < -0.3 is 20.7 Å². The highest BCUT2D eigenvalue weighted by atomic mass is 16.5. The van der Waals surface area contributed by atoms with E-state index in [0.717, 1.165) is 50.9 Å². The van der Waals surface area contributed by atoms with Crippen molar-refractivity contribution in [3.05, 3.63) is 18.3 Å². The second kappa shape index (κ2) is 9.04. The fourth-order valence-corrected chi connectivity index (χ4v) is 3.73. The average Bonchev–Trinajstić information content (AvgIpc) is 2.88. The van der Waals surface area contributed by atoms with Crippen molar-refractivity contribution in [2.45, 2.75) is 63.5 Å². The summed E-state index contributed by atoms with van der Waals surface area (Å²) in [6, 6.07) is 4.12. The Balaban J connectivity index is 1.42. The summed E-state index contributed by atoms with van der Waals surface area (Å²) in [5.41, 5.74) is 6.61.